The van der Waals surface area contributed by atoms with Crippen LogP contribution in [0.2, 0.25) is 0 Å². The van der Waals surface area contributed by atoms with Crippen LogP contribution in [0.5, 0.6) is 0 Å². The number of furan rings is 1. The summed E-state index contributed by atoms with van der Waals surface area (Å²) >= 11 is 2.01. The second kappa shape index (κ2) is 10.6. The Bertz CT molecular complexity index is 3130. The smallest absolute Gasteiger partial charge is 0.136 e. The zero-order valence-electron chi connectivity index (χ0n) is 28.1. The number of nitrogens with zero attached hydrogens (tertiary/aromatic N) is 2. The summed E-state index contributed by atoms with van der Waals surface area (Å²) in [6, 6.07) is 57.4. The largest absolute Gasteiger partial charge is 0.456 e. The Morgan fingerprint density at radius 2 is 1.15 bits per heavy atom. The molecular formula is C48H30N2OS. The van der Waals surface area contributed by atoms with Crippen LogP contribution >= 0.6 is 11.8 Å². The molecule has 3 aromatic heterocycles. The van der Waals surface area contributed by atoms with Gasteiger partial charge in [-0.1, -0.05) is 84.9 Å². The van der Waals surface area contributed by atoms with Crippen LogP contribution in [-0.4, -0.2) is 14.4 Å². The van der Waals surface area contributed by atoms with Crippen LogP contribution < -0.4 is 0 Å². The van der Waals surface area contributed by atoms with E-state index in [0.29, 0.717) is 5.25 Å². The van der Waals surface area contributed by atoms with Gasteiger partial charge in [0.2, 0.25) is 0 Å². The quantitative estimate of drug-likeness (QED) is 0.185. The predicted octanol–water partition coefficient (Wildman–Crippen LogP) is 12.9. The summed E-state index contributed by atoms with van der Waals surface area (Å²) in [6.07, 6.45) is 3.49. The van der Waals surface area contributed by atoms with E-state index in [1.807, 2.05) is 17.8 Å². The highest BCUT2D eigenvalue weighted by atomic mass is 32.2. The first-order valence-electron chi connectivity index (χ1n) is 17.9. The van der Waals surface area contributed by atoms with Crippen molar-refractivity contribution in [2.75, 3.05) is 0 Å². The second-order valence-electron chi connectivity index (χ2n) is 14.0. The molecule has 0 N–H and O–H groups in total. The van der Waals surface area contributed by atoms with Gasteiger partial charge in [0.15, 0.2) is 0 Å². The van der Waals surface area contributed by atoms with E-state index in [1.54, 1.807) is 0 Å². The lowest BCUT2D eigenvalue weighted by atomic mass is 9.90. The summed E-state index contributed by atoms with van der Waals surface area (Å²) in [4.78, 5) is 1.39. The molecule has 1 unspecified atom stereocenters. The number of aromatic nitrogens is 2. The fraction of sp³-hybridized carbons (Fsp3) is 0.0417. The lowest BCUT2D eigenvalue weighted by Gasteiger charge is -2.20. The molecule has 2 aliphatic rings. The van der Waals surface area contributed by atoms with Gasteiger partial charge in [0.05, 0.1) is 16.6 Å². The van der Waals surface area contributed by atoms with Crippen molar-refractivity contribution in [1.29, 1.82) is 0 Å². The van der Waals surface area contributed by atoms with E-state index in [1.165, 1.54) is 76.8 Å². The number of fused-ring (bicyclic) bond motifs is 12. The first-order chi connectivity index (χ1) is 25.8. The van der Waals surface area contributed by atoms with Gasteiger partial charge < -0.3 is 13.6 Å². The van der Waals surface area contributed by atoms with Crippen molar-refractivity contribution >= 4 is 78.1 Å². The second-order valence-corrected chi connectivity index (χ2v) is 15.3. The molecule has 12 rings (SSSR count). The molecule has 1 atom stereocenters. The Hall–Kier alpha value is -6.23. The van der Waals surface area contributed by atoms with Gasteiger partial charge in [0.1, 0.15) is 11.2 Å². The number of hydrogen-bond donors (Lipinski definition) is 0. The van der Waals surface area contributed by atoms with Crippen LogP contribution in [0.3, 0.4) is 0 Å². The van der Waals surface area contributed by atoms with Crippen LogP contribution in [-0.2, 0) is 6.42 Å². The van der Waals surface area contributed by atoms with E-state index in [4.69, 9.17) is 4.42 Å². The van der Waals surface area contributed by atoms with E-state index in [0.717, 1.165) is 34.0 Å². The molecule has 0 amide bonds. The number of para-hydroxylation sites is 3. The average Bonchev–Trinajstić information content (AvgIpc) is 3.93. The maximum Gasteiger partial charge on any atom is 0.136 e. The predicted molar refractivity (Wildman–Crippen MR) is 218 cm³/mol. The van der Waals surface area contributed by atoms with Gasteiger partial charge in [-0.2, -0.15) is 0 Å². The minimum Gasteiger partial charge on any atom is -0.456 e. The average molecular weight is 683 g/mol. The molecule has 4 heterocycles. The first-order valence-corrected chi connectivity index (χ1v) is 18.8. The normalized spacial score (nSPS) is 15.1. The third kappa shape index (κ3) is 3.98. The van der Waals surface area contributed by atoms with Crippen LogP contribution in [0, 0.1) is 0 Å². The maximum atomic E-state index is 6.41. The van der Waals surface area contributed by atoms with Gasteiger partial charge in [0, 0.05) is 66.1 Å². The van der Waals surface area contributed by atoms with Gasteiger partial charge in [0.25, 0.3) is 0 Å². The topological polar surface area (TPSA) is 23.0 Å². The minimum atomic E-state index is 0.429. The molecule has 1 aliphatic carbocycles. The molecule has 10 aromatic rings. The van der Waals surface area contributed by atoms with E-state index < -0.39 is 0 Å². The van der Waals surface area contributed by atoms with Crippen molar-refractivity contribution in [3.8, 4) is 22.5 Å². The molecule has 1 aliphatic heterocycles. The molecule has 0 bridgehead atoms. The highest BCUT2D eigenvalue weighted by Gasteiger charge is 2.34. The molecule has 0 spiro atoms. The van der Waals surface area contributed by atoms with Gasteiger partial charge in [-0.05, 0) is 101 Å². The van der Waals surface area contributed by atoms with Gasteiger partial charge in [-0.25, -0.2) is 0 Å². The fourth-order valence-electron chi connectivity index (χ4n) is 8.91. The van der Waals surface area contributed by atoms with Crippen LogP contribution in [0.25, 0.3) is 88.8 Å². The summed E-state index contributed by atoms with van der Waals surface area (Å²) in [5.41, 5.74) is 15.8. The van der Waals surface area contributed by atoms with E-state index in [9.17, 15) is 0 Å². The van der Waals surface area contributed by atoms with Crippen molar-refractivity contribution < 1.29 is 4.42 Å². The highest BCUT2D eigenvalue weighted by Crippen LogP contribution is 2.51. The standard InChI is InChI=1S/C48H30N2OS/c1-3-11-31(12-4-1)49-42-22-20-30(24-36(42)38-27-46-39(26-43(38)49)33-15-7-9-17-45(33)51-46)29-19-21-41-35(23-29)37-25-40-34-16-8-10-18-47(34)52-48(40)28-44(37)50(41)32-13-5-2-6-14-32/h1-27,48H,28H2. The summed E-state index contributed by atoms with van der Waals surface area (Å²) in [5.74, 6) is 0. The highest BCUT2D eigenvalue weighted by molar-refractivity contribution is 8.00. The molecule has 0 fully saturated rings. The van der Waals surface area contributed by atoms with Gasteiger partial charge in [-0.15, -0.1) is 11.8 Å². The Labute approximate surface area is 304 Å². The van der Waals surface area contributed by atoms with Crippen molar-refractivity contribution in [2.24, 2.45) is 0 Å². The monoisotopic (exact) mass is 682 g/mol. The Morgan fingerprint density at radius 3 is 1.96 bits per heavy atom. The van der Waals surface area contributed by atoms with Crippen LogP contribution in [0.15, 0.2) is 167 Å². The van der Waals surface area contributed by atoms with E-state index in [2.05, 4.69) is 167 Å². The van der Waals surface area contributed by atoms with Crippen molar-refractivity contribution in [3.05, 3.63) is 175 Å². The van der Waals surface area contributed by atoms with E-state index in [-0.39, 0.29) is 0 Å². The van der Waals surface area contributed by atoms with Crippen molar-refractivity contribution in [1.82, 2.24) is 9.13 Å². The third-order valence-electron chi connectivity index (χ3n) is 11.2. The molecule has 244 valence electrons. The van der Waals surface area contributed by atoms with Crippen molar-refractivity contribution in [2.45, 2.75) is 16.6 Å². The van der Waals surface area contributed by atoms with Gasteiger partial charge >= 0.3 is 0 Å². The SMILES string of the molecule is C1=C2c3ccccc3SC2Cc2c1c1cc(-c3ccc4c(c3)c3cc5oc6ccccc6c5cc3n4-c3ccccc3)ccc1n2-c1ccccc1. The molecule has 0 radical (unpaired) electrons. The lowest BCUT2D eigenvalue weighted by Crippen LogP contribution is -2.13. The third-order valence-corrected chi connectivity index (χ3v) is 12.5. The summed E-state index contributed by atoms with van der Waals surface area (Å²) < 4.78 is 11.3. The molecule has 4 heteroatoms. The first kappa shape index (κ1) is 28.5. The fourth-order valence-corrected chi connectivity index (χ4v) is 10.2. The number of rotatable bonds is 3. The molecule has 52 heavy (non-hydrogen) atoms. The maximum absolute atomic E-state index is 6.41. The molecule has 7 aromatic carbocycles. The molecule has 0 saturated heterocycles. The zero-order chi connectivity index (χ0) is 33.9. The Kier molecular flexibility index (Phi) is 5.83. The lowest BCUT2D eigenvalue weighted by molar-refractivity contribution is 0.669. The van der Waals surface area contributed by atoms with Crippen molar-refractivity contribution in [3.63, 3.8) is 0 Å². The Balaban J connectivity index is 1.09. The summed E-state index contributed by atoms with van der Waals surface area (Å²) in [7, 11) is 0. The molecule has 3 nitrogen and oxygen atoms in total. The zero-order valence-corrected chi connectivity index (χ0v) is 28.9. The van der Waals surface area contributed by atoms with E-state index >= 15 is 0 Å². The summed E-state index contributed by atoms with van der Waals surface area (Å²) in [5, 5.41) is 6.42. The summed E-state index contributed by atoms with van der Waals surface area (Å²) in [6.45, 7) is 0. The minimum absolute atomic E-state index is 0.429. The Morgan fingerprint density at radius 1 is 0.500 bits per heavy atom. The van der Waals surface area contributed by atoms with Gasteiger partial charge in [-0.3, -0.25) is 0 Å². The number of benzene rings is 7. The van der Waals surface area contributed by atoms with Crippen LogP contribution in [0.1, 0.15) is 16.8 Å². The number of hydrogen-bond acceptors (Lipinski definition) is 2. The molecule has 0 saturated carbocycles. The number of thioether (sulfide) groups is 1. The molecular weight excluding hydrogens is 653 g/mol. The van der Waals surface area contributed by atoms with Crippen LogP contribution in [0.4, 0.5) is 0 Å².